The summed E-state index contributed by atoms with van der Waals surface area (Å²) in [5, 5.41) is 0.596. The number of pyridine rings is 1. The zero-order chi connectivity index (χ0) is 27.6. The summed E-state index contributed by atoms with van der Waals surface area (Å²) in [6, 6.07) is 14.3. The van der Waals surface area contributed by atoms with Gasteiger partial charge in [-0.3, -0.25) is 14.7 Å². The summed E-state index contributed by atoms with van der Waals surface area (Å²) in [7, 11) is -3.65. The van der Waals surface area contributed by atoms with E-state index in [0.29, 0.717) is 23.8 Å². The number of sulfonamides is 1. The molecule has 1 fully saturated rings. The number of thiazole rings is 1. The Morgan fingerprint density at radius 1 is 1.05 bits per heavy atom. The lowest BCUT2D eigenvalue weighted by Crippen LogP contribution is -2.41. The van der Waals surface area contributed by atoms with E-state index in [1.807, 2.05) is 32.0 Å². The molecule has 0 N–H and O–H groups in total. The summed E-state index contributed by atoms with van der Waals surface area (Å²) < 4.78 is 29.7. The Hall–Kier alpha value is -3.14. The first-order chi connectivity index (χ1) is 18.8. The van der Waals surface area contributed by atoms with Gasteiger partial charge in [0.05, 0.1) is 21.7 Å². The van der Waals surface area contributed by atoms with Crippen molar-refractivity contribution in [3.05, 3.63) is 83.2 Å². The fraction of sp³-hybridized carbons (Fsp3) is 0.367. The number of nitrogens with zero attached hydrogens (tertiary/aromatic N) is 4. The van der Waals surface area contributed by atoms with Crippen molar-refractivity contribution in [1.29, 1.82) is 0 Å². The molecule has 1 aliphatic rings. The summed E-state index contributed by atoms with van der Waals surface area (Å²) in [6.07, 6.45) is 8.51. The Morgan fingerprint density at radius 2 is 1.79 bits per heavy atom. The van der Waals surface area contributed by atoms with Crippen molar-refractivity contribution in [3.8, 4) is 0 Å². The molecule has 7 nitrogen and oxygen atoms in total. The van der Waals surface area contributed by atoms with Gasteiger partial charge in [-0.15, -0.1) is 0 Å². The molecule has 0 radical (unpaired) electrons. The number of aryl methyl sites for hydroxylation is 2. The molecule has 0 unspecified atom stereocenters. The fourth-order valence-electron chi connectivity index (χ4n) is 5.44. The standard InChI is InChI=1S/C30H34N4O3S2/c1-4-34(25-10-6-5-7-11-25)39(36,37)26-14-12-24(13-15-26)29(35)33(20-23-9-8-16-31-19-23)30-32-27-18-21(2)17-22(3)28(27)38-30/h8-9,12-19,25H,4-7,10-11,20H2,1-3H3. The molecule has 2 aromatic carbocycles. The predicted molar refractivity (Wildman–Crippen MR) is 157 cm³/mol. The van der Waals surface area contributed by atoms with Gasteiger partial charge in [-0.1, -0.05) is 49.7 Å². The van der Waals surface area contributed by atoms with Crippen LogP contribution in [0.4, 0.5) is 5.13 Å². The van der Waals surface area contributed by atoms with E-state index in [1.165, 1.54) is 11.3 Å². The Labute approximate surface area is 234 Å². The van der Waals surface area contributed by atoms with Crippen LogP contribution in [0.5, 0.6) is 0 Å². The number of benzene rings is 2. The smallest absolute Gasteiger partial charge is 0.260 e. The van der Waals surface area contributed by atoms with Gasteiger partial charge in [0.15, 0.2) is 5.13 Å². The maximum absolute atomic E-state index is 13.9. The highest BCUT2D eigenvalue weighted by atomic mass is 32.2. The second kappa shape index (κ2) is 11.5. The average molecular weight is 563 g/mol. The third kappa shape index (κ3) is 5.76. The second-order valence-corrected chi connectivity index (χ2v) is 13.1. The zero-order valence-corrected chi connectivity index (χ0v) is 24.3. The topological polar surface area (TPSA) is 83.5 Å². The van der Waals surface area contributed by atoms with Crippen LogP contribution in [0.3, 0.4) is 0 Å². The van der Waals surface area contributed by atoms with Gasteiger partial charge in [0.2, 0.25) is 10.0 Å². The molecular formula is C30H34N4O3S2. The molecule has 0 bridgehead atoms. The van der Waals surface area contributed by atoms with Crippen LogP contribution < -0.4 is 4.90 Å². The third-order valence-corrected chi connectivity index (χ3v) is 10.6. The Morgan fingerprint density at radius 3 is 2.46 bits per heavy atom. The fourth-order valence-corrected chi connectivity index (χ4v) is 8.14. The van der Waals surface area contributed by atoms with Crippen LogP contribution in [0, 0.1) is 13.8 Å². The first-order valence-corrected chi connectivity index (χ1v) is 15.7. The molecule has 0 atom stereocenters. The number of fused-ring (bicyclic) bond motifs is 1. The van der Waals surface area contributed by atoms with E-state index in [1.54, 1.807) is 45.9 Å². The number of anilines is 1. The molecule has 0 aliphatic heterocycles. The maximum atomic E-state index is 13.9. The summed E-state index contributed by atoms with van der Waals surface area (Å²) >= 11 is 1.48. The van der Waals surface area contributed by atoms with Gasteiger partial charge in [-0.25, -0.2) is 13.4 Å². The molecular weight excluding hydrogens is 528 g/mol. The van der Waals surface area contributed by atoms with Crippen molar-refractivity contribution >= 4 is 42.6 Å². The van der Waals surface area contributed by atoms with Crippen LogP contribution >= 0.6 is 11.3 Å². The van der Waals surface area contributed by atoms with Crippen LogP contribution in [0.1, 0.15) is 66.1 Å². The van der Waals surface area contributed by atoms with Crippen LogP contribution in [-0.2, 0) is 16.6 Å². The van der Waals surface area contributed by atoms with Crippen molar-refractivity contribution in [1.82, 2.24) is 14.3 Å². The van der Waals surface area contributed by atoms with E-state index in [0.717, 1.165) is 59.0 Å². The number of rotatable bonds is 8. The Balaban J connectivity index is 1.47. The zero-order valence-electron chi connectivity index (χ0n) is 22.6. The second-order valence-electron chi connectivity index (χ2n) is 10.2. The molecule has 1 aliphatic carbocycles. The van der Waals surface area contributed by atoms with E-state index in [-0.39, 0.29) is 16.8 Å². The number of carbonyl (C=O) groups is 1. The quantitative estimate of drug-likeness (QED) is 0.245. The SMILES string of the molecule is CCN(C1CCCCC1)S(=O)(=O)c1ccc(C(=O)N(Cc2cccnc2)c2nc3cc(C)cc(C)c3s2)cc1. The monoisotopic (exact) mass is 562 g/mol. The predicted octanol–water partition coefficient (Wildman–Crippen LogP) is 6.50. The van der Waals surface area contributed by atoms with Crippen molar-refractivity contribution < 1.29 is 13.2 Å². The lowest BCUT2D eigenvalue weighted by Gasteiger charge is -2.32. The summed E-state index contributed by atoms with van der Waals surface area (Å²) in [5.74, 6) is -0.240. The van der Waals surface area contributed by atoms with Crippen LogP contribution in [0.15, 0.2) is 65.8 Å². The first-order valence-electron chi connectivity index (χ1n) is 13.5. The van der Waals surface area contributed by atoms with E-state index < -0.39 is 10.0 Å². The minimum atomic E-state index is -3.65. The molecule has 204 valence electrons. The molecule has 2 heterocycles. The molecule has 9 heteroatoms. The molecule has 0 saturated heterocycles. The average Bonchev–Trinajstić information content (AvgIpc) is 3.37. The number of amides is 1. The highest BCUT2D eigenvalue weighted by Crippen LogP contribution is 2.34. The molecule has 2 aromatic heterocycles. The number of carbonyl (C=O) groups excluding carboxylic acids is 1. The van der Waals surface area contributed by atoms with Gasteiger partial charge in [-0.2, -0.15) is 4.31 Å². The Kier molecular flexibility index (Phi) is 8.11. The van der Waals surface area contributed by atoms with E-state index in [2.05, 4.69) is 18.0 Å². The van der Waals surface area contributed by atoms with Crippen LogP contribution in [0.2, 0.25) is 0 Å². The lowest BCUT2D eigenvalue weighted by atomic mass is 9.95. The Bertz CT molecular complexity index is 1560. The van der Waals surface area contributed by atoms with Gasteiger partial charge < -0.3 is 0 Å². The lowest BCUT2D eigenvalue weighted by molar-refractivity contribution is 0.0985. The van der Waals surface area contributed by atoms with Gasteiger partial charge in [0, 0.05) is 30.5 Å². The van der Waals surface area contributed by atoms with Gasteiger partial charge in [-0.05, 0) is 79.8 Å². The molecule has 5 rings (SSSR count). The van der Waals surface area contributed by atoms with Gasteiger partial charge in [0.1, 0.15) is 0 Å². The summed E-state index contributed by atoms with van der Waals surface area (Å²) in [6.45, 7) is 6.71. The third-order valence-electron chi connectivity index (χ3n) is 7.35. The number of hydrogen-bond donors (Lipinski definition) is 0. The minimum absolute atomic E-state index is 0.0381. The van der Waals surface area contributed by atoms with E-state index >= 15 is 0 Å². The summed E-state index contributed by atoms with van der Waals surface area (Å²) in [5.41, 5.74) is 4.39. The molecule has 0 spiro atoms. The van der Waals surface area contributed by atoms with Crippen molar-refractivity contribution in [2.45, 2.75) is 70.4 Å². The van der Waals surface area contributed by atoms with Crippen molar-refractivity contribution in [2.24, 2.45) is 0 Å². The highest BCUT2D eigenvalue weighted by Gasteiger charge is 2.31. The van der Waals surface area contributed by atoms with Crippen molar-refractivity contribution in [3.63, 3.8) is 0 Å². The van der Waals surface area contributed by atoms with Crippen LogP contribution in [-0.4, -0.2) is 41.2 Å². The van der Waals surface area contributed by atoms with Gasteiger partial charge in [0.25, 0.3) is 5.91 Å². The minimum Gasteiger partial charge on any atom is -0.279 e. The van der Waals surface area contributed by atoms with Crippen LogP contribution in [0.25, 0.3) is 10.2 Å². The maximum Gasteiger partial charge on any atom is 0.260 e. The van der Waals surface area contributed by atoms with E-state index in [9.17, 15) is 13.2 Å². The first kappa shape index (κ1) is 27.4. The van der Waals surface area contributed by atoms with E-state index in [4.69, 9.17) is 4.98 Å². The van der Waals surface area contributed by atoms with Gasteiger partial charge >= 0.3 is 0 Å². The molecule has 39 heavy (non-hydrogen) atoms. The molecule has 1 amide bonds. The number of hydrogen-bond acceptors (Lipinski definition) is 6. The number of aromatic nitrogens is 2. The normalized spacial score (nSPS) is 14.7. The van der Waals surface area contributed by atoms with Crippen molar-refractivity contribution in [2.75, 3.05) is 11.4 Å². The highest BCUT2D eigenvalue weighted by molar-refractivity contribution is 7.89. The summed E-state index contributed by atoms with van der Waals surface area (Å²) in [4.78, 5) is 24.8. The largest absolute Gasteiger partial charge is 0.279 e. The molecule has 1 saturated carbocycles. The molecule has 4 aromatic rings.